The third kappa shape index (κ3) is 4.79. The molecule has 0 spiro atoms. The van der Waals surface area contributed by atoms with E-state index in [0.29, 0.717) is 21.5 Å². The third-order valence-electron chi connectivity index (χ3n) is 4.53. The first-order valence-corrected chi connectivity index (χ1v) is 11.2. The fourth-order valence-corrected chi connectivity index (χ4v) is 4.07. The molecular formula is C21H27N5O4S. The number of sulfonamides is 1. The molecule has 0 atom stereocenters. The fourth-order valence-electron chi connectivity index (χ4n) is 2.99. The number of carbonyl (C=O) groups excluding carboxylic acids is 1. The smallest absolute Gasteiger partial charge is 0.424 e. The minimum Gasteiger partial charge on any atom is -0.443 e. The Morgan fingerprint density at radius 2 is 1.94 bits per heavy atom. The Morgan fingerprint density at radius 3 is 2.58 bits per heavy atom. The summed E-state index contributed by atoms with van der Waals surface area (Å²) in [6.07, 6.45) is 2.38. The van der Waals surface area contributed by atoms with Crippen LogP contribution in [0.3, 0.4) is 0 Å². The van der Waals surface area contributed by atoms with E-state index >= 15 is 0 Å². The zero-order valence-electron chi connectivity index (χ0n) is 18.4. The number of rotatable bonds is 5. The van der Waals surface area contributed by atoms with Crippen molar-refractivity contribution in [2.75, 3.05) is 12.4 Å². The molecule has 9 nitrogen and oxygen atoms in total. The first-order chi connectivity index (χ1) is 14.4. The van der Waals surface area contributed by atoms with Crippen molar-refractivity contribution in [1.82, 2.24) is 19.3 Å². The maximum atomic E-state index is 12.9. The van der Waals surface area contributed by atoms with Gasteiger partial charge in [-0.15, -0.1) is 0 Å². The first kappa shape index (κ1) is 22.5. The number of carbonyl (C=O) groups is 1. The van der Waals surface area contributed by atoms with E-state index in [4.69, 9.17) is 4.74 Å². The number of hydrogen-bond acceptors (Lipinski definition) is 7. The molecule has 1 amide bonds. The van der Waals surface area contributed by atoms with Crippen molar-refractivity contribution in [2.45, 2.75) is 51.0 Å². The molecule has 0 bridgehead atoms. The summed E-state index contributed by atoms with van der Waals surface area (Å²) < 4.78 is 31.7. The monoisotopic (exact) mass is 445 g/mol. The molecule has 0 radical (unpaired) electrons. The quantitative estimate of drug-likeness (QED) is 0.598. The second-order valence-electron chi connectivity index (χ2n) is 8.45. The Balaban J connectivity index is 1.93. The number of anilines is 2. The molecule has 0 aliphatic heterocycles. The van der Waals surface area contributed by atoms with Crippen molar-refractivity contribution in [2.24, 2.45) is 0 Å². The van der Waals surface area contributed by atoms with E-state index in [-0.39, 0.29) is 10.8 Å². The van der Waals surface area contributed by atoms with Crippen molar-refractivity contribution in [3.63, 3.8) is 0 Å². The van der Waals surface area contributed by atoms with Crippen molar-refractivity contribution in [1.29, 1.82) is 0 Å². The number of H-pyrrole nitrogens is 1. The Hall–Kier alpha value is -3.14. The minimum atomic E-state index is -4.10. The number of ether oxygens (including phenoxy) is 1. The summed E-state index contributed by atoms with van der Waals surface area (Å²) in [6.45, 7) is 9.15. The number of fused-ring (bicyclic) bond motifs is 1. The van der Waals surface area contributed by atoms with Gasteiger partial charge >= 0.3 is 6.09 Å². The second-order valence-corrected chi connectivity index (χ2v) is 10.4. The van der Waals surface area contributed by atoms with Crippen LogP contribution in [0.2, 0.25) is 0 Å². The van der Waals surface area contributed by atoms with Gasteiger partial charge in [-0.3, -0.25) is 0 Å². The maximum absolute atomic E-state index is 12.9. The van der Waals surface area contributed by atoms with E-state index in [1.54, 1.807) is 32.9 Å². The Labute approximate surface area is 181 Å². The summed E-state index contributed by atoms with van der Waals surface area (Å²) in [5, 5.41) is 4.02. The molecule has 0 saturated carbocycles. The molecular weight excluding hydrogens is 418 g/mol. The highest BCUT2D eigenvalue weighted by molar-refractivity contribution is 7.89. The van der Waals surface area contributed by atoms with Gasteiger partial charge in [0, 0.05) is 18.9 Å². The van der Waals surface area contributed by atoms with E-state index in [1.807, 2.05) is 6.20 Å². The first-order valence-electron chi connectivity index (χ1n) is 9.81. The molecule has 2 N–H and O–H groups in total. The molecule has 1 aromatic carbocycles. The highest BCUT2D eigenvalue weighted by Gasteiger charge is 2.30. The van der Waals surface area contributed by atoms with Gasteiger partial charge in [-0.2, -0.15) is 0 Å². The zero-order valence-corrected chi connectivity index (χ0v) is 19.2. The van der Waals surface area contributed by atoms with Crippen LogP contribution in [0.1, 0.15) is 46.1 Å². The van der Waals surface area contributed by atoms with Crippen LogP contribution in [0.4, 0.5) is 16.3 Å². The standard InChI is InChI=1S/C21H27N5O4S/c1-13(2)16-11-22-18-17(16)19(24-12-23-18)25-14-8-7-9-15(10-14)31(28,29)26(6)20(27)30-21(3,4)5/h7-13H,1-6H3,(H2,22,23,24,25). The largest absolute Gasteiger partial charge is 0.443 e. The second kappa shape index (κ2) is 8.18. The van der Waals surface area contributed by atoms with Crippen molar-refractivity contribution in [3.05, 3.63) is 42.4 Å². The molecule has 10 heteroatoms. The van der Waals surface area contributed by atoms with Gasteiger partial charge in [0.2, 0.25) is 0 Å². The van der Waals surface area contributed by atoms with Gasteiger partial charge in [0.05, 0.1) is 10.3 Å². The summed E-state index contributed by atoms with van der Waals surface area (Å²) in [6, 6.07) is 6.19. The molecule has 0 aliphatic carbocycles. The molecule has 0 aliphatic rings. The Kier molecular flexibility index (Phi) is 5.95. The molecule has 2 heterocycles. The van der Waals surface area contributed by atoms with Gasteiger partial charge in [0.1, 0.15) is 23.4 Å². The van der Waals surface area contributed by atoms with Gasteiger partial charge in [-0.25, -0.2) is 27.5 Å². The molecule has 0 fully saturated rings. The highest BCUT2D eigenvalue weighted by atomic mass is 32.2. The van der Waals surface area contributed by atoms with Gasteiger partial charge in [0.15, 0.2) is 0 Å². The number of aromatic amines is 1. The SMILES string of the molecule is CC(C)c1c[nH]c2ncnc(Nc3cccc(S(=O)(=O)N(C)C(=O)OC(C)(C)C)c3)c12. The minimum absolute atomic E-state index is 0.0469. The van der Waals surface area contributed by atoms with Crippen molar-refractivity contribution >= 4 is 38.7 Å². The van der Waals surface area contributed by atoms with Crippen molar-refractivity contribution < 1.29 is 17.9 Å². The van der Waals surface area contributed by atoms with Crippen LogP contribution in [0.5, 0.6) is 0 Å². The van der Waals surface area contributed by atoms with E-state index < -0.39 is 21.7 Å². The number of hydrogen-bond donors (Lipinski definition) is 2. The third-order valence-corrected chi connectivity index (χ3v) is 6.25. The summed E-state index contributed by atoms with van der Waals surface area (Å²) in [5.74, 6) is 0.805. The van der Waals surface area contributed by atoms with Crippen LogP contribution in [0.25, 0.3) is 11.0 Å². The normalized spacial score (nSPS) is 12.2. The molecule has 31 heavy (non-hydrogen) atoms. The Bertz CT molecular complexity index is 1210. The van der Waals surface area contributed by atoms with Crippen LogP contribution in [-0.2, 0) is 14.8 Å². The maximum Gasteiger partial charge on any atom is 0.424 e. The number of amides is 1. The lowest BCUT2D eigenvalue weighted by molar-refractivity contribution is 0.0420. The average Bonchev–Trinajstić information content (AvgIpc) is 3.12. The van der Waals surface area contributed by atoms with E-state index in [0.717, 1.165) is 10.9 Å². The predicted octanol–water partition coefficient (Wildman–Crippen LogP) is 4.38. The lowest BCUT2D eigenvalue weighted by atomic mass is 10.0. The van der Waals surface area contributed by atoms with Crippen LogP contribution in [-0.4, -0.2) is 46.4 Å². The topological polar surface area (TPSA) is 117 Å². The summed E-state index contributed by atoms with van der Waals surface area (Å²) in [7, 11) is -2.93. The summed E-state index contributed by atoms with van der Waals surface area (Å²) in [4.78, 5) is 23.9. The van der Waals surface area contributed by atoms with Gasteiger partial charge in [-0.1, -0.05) is 19.9 Å². The summed E-state index contributed by atoms with van der Waals surface area (Å²) in [5.41, 5.74) is 1.43. The van der Waals surface area contributed by atoms with Crippen molar-refractivity contribution in [3.8, 4) is 0 Å². The van der Waals surface area contributed by atoms with E-state index in [1.165, 1.54) is 25.5 Å². The van der Waals surface area contributed by atoms with Crippen LogP contribution in [0.15, 0.2) is 41.7 Å². The van der Waals surface area contributed by atoms with Crippen LogP contribution < -0.4 is 5.32 Å². The van der Waals surface area contributed by atoms with Gasteiger partial charge in [-0.05, 0) is 50.5 Å². The lowest BCUT2D eigenvalue weighted by Gasteiger charge is -2.24. The van der Waals surface area contributed by atoms with Gasteiger partial charge < -0.3 is 15.0 Å². The lowest BCUT2D eigenvalue weighted by Crippen LogP contribution is -2.38. The zero-order chi connectivity index (χ0) is 23.0. The average molecular weight is 446 g/mol. The number of nitrogens with zero attached hydrogens (tertiary/aromatic N) is 3. The number of aromatic nitrogens is 3. The molecule has 166 valence electrons. The summed E-state index contributed by atoms with van der Waals surface area (Å²) >= 11 is 0. The van der Waals surface area contributed by atoms with Crippen LogP contribution >= 0.6 is 0 Å². The molecule has 3 aromatic rings. The molecule has 0 saturated heterocycles. The Morgan fingerprint density at radius 1 is 1.23 bits per heavy atom. The highest BCUT2D eigenvalue weighted by Crippen LogP contribution is 2.31. The fraction of sp³-hybridized carbons (Fsp3) is 0.381. The number of nitrogens with one attached hydrogen (secondary N) is 2. The molecule has 3 rings (SSSR count). The van der Waals surface area contributed by atoms with Gasteiger partial charge in [0.25, 0.3) is 10.0 Å². The van der Waals surface area contributed by atoms with E-state index in [2.05, 4.69) is 34.1 Å². The van der Waals surface area contributed by atoms with Crippen LogP contribution in [0, 0.1) is 0 Å². The number of benzene rings is 1. The van der Waals surface area contributed by atoms with E-state index in [9.17, 15) is 13.2 Å². The predicted molar refractivity (Wildman–Crippen MR) is 119 cm³/mol. The molecule has 0 unspecified atom stereocenters. The molecule has 2 aromatic heterocycles.